The van der Waals surface area contributed by atoms with E-state index >= 15 is 0 Å². The summed E-state index contributed by atoms with van der Waals surface area (Å²) >= 11 is 1.06. The Balaban J connectivity index is 4.47. The number of nitrogens with one attached hydrogen (secondary N) is 3. The molecule has 0 saturated heterocycles. The molecular formula is C4H10N6S. The van der Waals surface area contributed by atoms with Gasteiger partial charge in [-0.2, -0.15) is 0 Å². The maximum Gasteiger partial charge on any atom is 0.201 e. The van der Waals surface area contributed by atoms with Crippen molar-refractivity contribution in [2.75, 3.05) is 6.26 Å². The Morgan fingerprint density at radius 2 is 1.55 bits per heavy atom. The number of thioether (sulfide) groups is 1. The highest BCUT2D eigenvalue weighted by atomic mass is 32.2. The molecular weight excluding hydrogens is 164 g/mol. The molecule has 0 radical (unpaired) electrons. The van der Waals surface area contributed by atoms with Crippen LogP contribution >= 0.6 is 11.8 Å². The van der Waals surface area contributed by atoms with E-state index in [1.54, 1.807) is 6.26 Å². The lowest BCUT2D eigenvalue weighted by Gasteiger charge is -2.18. The molecule has 0 aromatic heterocycles. The minimum Gasteiger partial charge on any atom is -0.369 e. The molecule has 7 heteroatoms. The molecule has 7 N–H and O–H groups in total. The van der Waals surface area contributed by atoms with E-state index in [0.717, 1.165) is 16.7 Å². The number of nitrogens with two attached hydrogens (primary N) is 2. The minimum atomic E-state index is -0.420. The average Bonchev–Trinajstić information content (AvgIpc) is 1.85. The zero-order valence-corrected chi connectivity index (χ0v) is 6.83. The molecule has 11 heavy (non-hydrogen) atoms. The van der Waals surface area contributed by atoms with Crippen LogP contribution in [0.3, 0.4) is 0 Å². The largest absolute Gasteiger partial charge is 0.369 e. The number of nitrogens with zero attached hydrogens (tertiary/aromatic N) is 1. The van der Waals surface area contributed by atoms with Gasteiger partial charge in [-0.3, -0.25) is 16.2 Å². The summed E-state index contributed by atoms with van der Waals surface area (Å²) in [6.45, 7) is 0. The first kappa shape index (κ1) is 9.76. The second kappa shape index (κ2) is 3.81. The van der Waals surface area contributed by atoms with Gasteiger partial charge in [0.1, 0.15) is 0 Å². The van der Waals surface area contributed by atoms with Crippen LogP contribution in [-0.4, -0.2) is 28.2 Å². The Morgan fingerprint density at radius 3 is 1.64 bits per heavy atom. The summed E-state index contributed by atoms with van der Waals surface area (Å²) in [5, 5.41) is 21.1. The van der Waals surface area contributed by atoms with Crippen molar-refractivity contribution >= 4 is 28.8 Å². The number of amidine groups is 1. The standard InChI is InChI=1S/C4H10N6S/c1-11-4(9)10(2(5)6)3(7)8/h9H,1H3,(H3,5,6)(H3,7,8). The minimum absolute atomic E-state index is 0.0370. The van der Waals surface area contributed by atoms with Crippen LogP contribution in [0.2, 0.25) is 0 Å². The van der Waals surface area contributed by atoms with Gasteiger partial charge in [0.25, 0.3) is 0 Å². The Bertz CT molecular complexity index is 185. The van der Waals surface area contributed by atoms with E-state index in [-0.39, 0.29) is 5.17 Å². The van der Waals surface area contributed by atoms with Crippen molar-refractivity contribution in [3.63, 3.8) is 0 Å². The average molecular weight is 174 g/mol. The third kappa shape index (κ3) is 2.46. The SMILES string of the molecule is CSC(=N)N(C(=N)N)C(=N)N. The third-order valence-corrected chi connectivity index (χ3v) is 1.45. The molecule has 62 valence electrons. The summed E-state index contributed by atoms with van der Waals surface area (Å²) in [4.78, 5) is 0.824. The smallest absolute Gasteiger partial charge is 0.201 e. The molecule has 0 heterocycles. The first-order valence-electron chi connectivity index (χ1n) is 2.61. The summed E-state index contributed by atoms with van der Waals surface area (Å²) in [6.07, 6.45) is 1.64. The van der Waals surface area contributed by atoms with Crippen LogP contribution in [0.25, 0.3) is 0 Å². The van der Waals surface area contributed by atoms with Gasteiger partial charge in [0.2, 0.25) is 11.9 Å². The molecule has 0 aromatic carbocycles. The molecule has 0 unspecified atom stereocenters. The first-order valence-corrected chi connectivity index (χ1v) is 3.84. The second-order valence-corrected chi connectivity index (χ2v) is 2.41. The highest BCUT2D eigenvalue weighted by Gasteiger charge is 2.14. The lowest BCUT2D eigenvalue weighted by Crippen LogP contribution is -2.47. The van der Waals surface area contributed by atoms with Gasteiger partial charge in [0.15, 0.2) is 5.17 Å². The van der Waals surface area contributed by atoms with Crippen molar-refractivity contribution in [2.45, 2.75) is 0 Å². The van der Waals surface area contributed by atoms with Crippen molar-refractivity contribution in [2.24, 2.45) is 11.5 Å². The second-order valence-electron chi connectivity index (χ2n) is 1.62. The van der Waals surface area contributed by atoms with Gasteiger partial charge in [0.05, 0.1) is 0 Å². The predicted octanol–water partition coefficient (Wildman–Crippen LogP) is -0.627. The highest BCUT2D eigenvalue weighted by Crippen LogP contribution is 2.00. The molecule has 0 aliphatic heterocycles. The summed E-state index contributed by atoms with van der Waals surface area (Å²) < 4.78 is 0. The van der Waals surface area contributed by atoms with Crippen molar-refractivity contribution in [3.05, 3.63) is 0 Å². The predicted molar refractivity (Wildman–Crippen MR) is 46.9 cm³/mol. The topological polar surface area (TPSA) is 127 Å². The van der Waals surface area contributed by atoms with Gasteiger partial charge in [-0.1, -0.05) is 11.8 Å². The summed E-state index contributed by atoms with van der Waals surface area (Å²) in [5.41, 5.74) is 10.1. The van der Waals surface area contributed by atoms with E-state index < -0.39 is 11.9 Å². The molecule has 0 aliphatic rings. The van der Waals surface area contributed by atoms with E-state index in [1.165, 1.54) is 0 Å². The highest BCUT2D eigenvalue weighted by molar-refractivity contribution is 8.13. The number of guanidine groups is 2. The van der Waals surface area contributed by atoms with Crippen molar-refractivity contribution in [3.8, 4) is 0 Å². The lowest BCUT2D eigenvalue weighted by molar-refractivity contribution is 0.857. The van der Waals surface area contributed by atoms with Gasteiger partial charge in [-0.05, 0) is 6.26 Å². The Kier molecular flexibility index (Phi) is 3.38. The Hall–Kier alpha value is -1.24. The van der Waals surface area contributed by atoms with E-state index in [2.05, 4.69) is 0 Å². The van der Waals surface area contributed by atoms with Crippen LogP contribution in [0.5, 0.6) is 0 Å². The fourth-order valence-corrected chi connectivity index (χ4v) is 0.819. The van der Waals surface area contributed by atoms with Gasteiger partial charge < -0.3 is 11.5 Å². The zero-order valence-electron chi connectivity index (χ0n) is 6.01. The fraction of sp³-hybridized carbons (Fsp3) is 0.250. The molecule has 0 fully saturated rings. The first-order chi connectivity index (χ1) is 5.00. The summed E-state index contributed by atoms with van der Waals surface area (Å²) in [6, 6.07) is 0. The maximum atomic E-state index is 7.20. The molecule has 0 amide bonds. The van der Waals surface area contributed by atoms with E-state index in [1.807, 2.05) is 0 Å². The normalized spacial score (nSPS) is 8.82. The number of hydrogen-bond donors (Lipinski definition) is 5. The Morgan fingerprint density at radius 1 is 1.18 bits per heavy atom. The lowest BCUT2D eigenvalue weighted by atomic mass is 10.7. The van der Waals surface area contributed by atoms with Crippen molar-refractivity contribution in [1.82, 2.24) is 4.90 Å². The molecule has 0 aromatic rings. The van der Waals surface area contributed by atoms with Crippen LogP contribution in [-0.2, 0) is 0 Å². The molecule has 0 bridgehead atoms. The molecule has 0 rings (SSSR count). The van der Waals surface area contributed by atoms with E-state index in [0.29, 0.717) is 0 Å². The quantitative estimate of drug-likeness (QED) is 0.247. The van der Waals surface area contributed by atoms with Gasteiger partial charge in [-0.25, -0.2) is 4.90 Å². The summed E-state index contributed by atoms with van der Waals surface area (Å²) in [7, 11) is 0. The van der Waals surface area contributed by atoms with Crippen molar-refractivity contribution < 1.29 is 0 Å². The number of rotatable bonds is 0. The number of hydrogen-bond acceptors (Lipinski definition) is 4. The van der Waals surface area contributed by atoms with Crippen LogP contribution in [0.1, 0.15) is 0 Å². The van der Waals surface area contributed by atoms with Gasteiger partial charge in [-0.15, -0.1) is 0 Å². The van der Waals surface area contributed by atoms with Crippen LogP contribution < -0.4 is 11.5 Å². The van der Waals surface area contributed by atoms with Gasteiger partial charge >= 0.3 is 0 Å². The fourth-order valence-electron chi connectivity index (χ4n) is 0.440. The van der Waals surface area contributed by atoms with Crippen molar-refractivity contribution in [1.29, 1.82) is 16.2 Å². The van der Waals surface area contributed by atoms with Crippen LogP contribution in [0.15, 0.2) is 0 Å². The molecule has 6 nitrogen and oxygen atoms in total. The van der Waals surface area contributed by atoms with Crippen LogP contribution in [0, 0.1) is 16.2 Å². The van der Waals surface area contributed by atoms with Gasteiger partial charge in [0, 0.05) is 0 Å². The zero-order chi connectivity index (χ0) is 9.02. The third-order valence-electron chi connectivity index (χ3n) is 0.878. The monoisotopic (exact) mass is 174 g/mol. The van der Waals surface area contributed by atoms with E-state index in [9.17, 15) is 0 Å². The van der Waals surface area contributed by atoms with Crippen LogP contribution in [0.4, 0.5) is 0 Å². The van der Waals surface area contributed by atoms with E-state index in [4.69, 9.17) is 27.7 Å². The molecule has 0 spiro atoms. The Labute approximate surface area is 68.5 Å². The summed E-state index contributed by atoms with van der Waals surface area (Å²) in [5.74, 6) is -0.839. The molecule has 0 aliphatic carbocycles. The maximum absolute atomic E-state index is 7.20. The molecule has 0 atom stereocenters. The molecule has 0 saturated carbocycles.